The first kappa shape index (κ1) is 14.6. The molecule has 0 aliphatic rings. The molecule has 2 aromatic rings. The zero-order chi connectivity index (χ0) is 14.0. The minimum atomic E-state index is -0.847. The Morgan fingerprint density at radius 1 is 0.947 bits per heavy atom. The zero-order valence-electron chi connectivity index (χ0n) is 9.84. The highest BCUT2D eigenvalue weighted by Crippen LogP contribution is 2.25. The van der Waals surface area contributed by atoms with Crippen molar-refractivity contribution in [3.63, 3.8) is 0 Å². The van der Waals surface area contributed by atoms with Gasteiger partial charge in [0.2, 0.25) is 0 Å². The second kappa shape index (κ2) is 6.11. The van der Waals surface area contributed by atoms with Gasteiger partial charge >= 0.3 is 0 Å². The summed E-state index contributed by atoms with van der Waals surface area (Å²) in [4.78, 5) is 0. The van der Waals surface area contributed by atoms with Crippen LogP contribution in [0.25, 0.3) is 0 Å². The molecule has 0 fully saturated rings. The lowest BCUT2D eigenvalue weighted by atomic mass is 10.00. The zero-order valence-corrected chi connectivity index (χ0v) is 13.0. The van der Waals surface area contributed by atoms with E-state index in [1.165, 1.54) is 6.07 Å². The predicted octanol–water partition coefficient (Wildman–Crippen LogP) is 4.73. The molecule has 2 aromatic carbocycles. The minimum Gasteiger partial charge on any atom is -0.324 e. The number of rotatable bonds is 3. The molecule has 1 unspecified atom stereocenters. The fourth-order valence-corrected chi connectivity index (χ4v) is 3.16. The van der Waals surface area contributed by atoms with Crippen molar-refractivity contribution in [3.05, 3.63) is 68.1 Å². The van der Waals surface area contributed by atoms with Gasteiger partial charge in [-0.15, -0.1) is 0 Å². The van der Waals surface area contributed by atoms with Crippen LogP contribution in [0.3, 0.4) is 0 Å². The van der Waals surface area contributed by atoms with Gasteiger partial charge in [-0.3, -0.25) is 0 Å². The SMILES string of the molecule is NC(Cc1ccc(F)c(F)c1)c1cc(Br)cc(Br)c1. The first-order valence-electron chi connectivity index (χ1n) is 5.61. The fourth-order valence-electron chi connectivity index (χ4n) is 1.83. The Balaban J connectivity index is 2.20. The number of benzene rings is 2. The molecule has 0 heterocycles. The Kier molecular flexibility index (Phi) is 4.71. The third kappa shape index (κ3) is 3.84. The molecular formula is C14H11Br2F2N. The topological polar surface area (TPSA) is 26.0 Å². The lowest BCUT2D eigenvalue weighted by Gasteiger charge is -2.13. The normalized spacial score (nSPS) is 12.5. The number of hydrogen-bond donors (Lipinski definition) is 1. The van der Waals surface area contributed by atoms with Crippen LogP contribution in [0.1, 0.15) is 17.2 Å². The third-order valence-corrected chi connectivity index (χ3v) is 3.67. The summed E-state index contributed by atoms with van der Waals surface area (Å²) < 4.78 is 27.8. The van der Waals surface area contributed by atoms with Crippen LogP contribution in [0, 0.1) is 11.6 Å². The number of hydrogen-bond acceptors (Lipinski definition) is 1. The molecule has 1 atom stereocenters. The highest BCUT2D eigenvalue weighted by atomic mass is 79.9. The smallest absolute Gasteiger partial charge is 0.159 e. The van der Waals surface area contributed by atoms with Gasteiger partial charge in [-0.2, -0.15) is 0 Å². The summed E-state index contributed by atoms with van der Waals surface area (Å²) in [6.07, 6.45) is 0.445. The fraction of sp³-hybridized carbons (Fsp3) is 0.143. The molecule has 0 bridgehead atoms. The molecule has 5 heteroatoms. The quantitative estimate of drug-likeness (QED) is 0.805. The first-order chi connectivity index (χ1) is 8.95. The summed E-state index contributed by atoms with van der Waals surface area (Å²) in [6, 6.07) is 9.30. The van der Waals surface area contributed by atoms with Gasteiger partial charge in [-0.1, -0.05) is 37.9 Å². The van der Waals surface area contributed by atoms with Gasteiger partial charge in [-0.25, -0.2) is 8.78 Å². The van der Waals surface area contributed by atoms with Crippen molar-refractivity contribution in [2.75, 3.05) is 0 Å². The summed E-state index contributed by atoms with van der Waals surface area (Å²) >= 11 is 6.79. The highest BCUT2D eigenvalue weighted by Gasteiger charge is 2.10. The van der Waals surface area contributed by atoms with E-state index in [1.807, 2.05) is 18.2 Å². The number of halogens is 4. The maximum atomic E-state index is 13.1. The third-order valence-electron chi connectivity index (χ3n) is 2.75. The van der Waals surface area contributed by atoms with Crippen LogP contribution in [0.4, 0.5) is 8.78 Å². The van der Waals surface area contributed by atoms with Crippen molar-refractivity contribution in [2.24, 2.45) is 5.73 Å². The van der Waals surface area contributed by atoms with E-state index in [4.69, 9.17) is 5.73 Å². The summed E-state index contributed by atoms with van der Waals surface area (Å²) in [5, 5.41) is 0. The molecule has 0 saturated carbocycles. The molecule has 0 saturated heterocycles. The van der Waals surface area contributed by atoms with E-state index in [1.54, 1.807) is 6.07 Å². The van der Waals surface area contributed by atoms with E-state index in [0.717, 1.165) is 20.6 Å². The molecule has 0 aliphatic carbocycles. The van der Waals surface area contributed by atoms with E-state index in [2.05, 4.69) is 31.9 Å². The van der Waals surface area contributed by atoms with Gasteiger partial charge in [0.15, 0.2) is 11.6 Å². The van der Waals surface area contributed by atoms with Crippen molar-refractivity contribution in [3.8, 4) is 0 Å². The molecule has 100 valence electrons. The highest BCUT2D eigenvalue weighted by molar-refractivity contribution is 9.11. The van der Waals surface area contributed by atoms with Gasteiger partial charge in [0.05, 0.1) is 0 Å². The van der Waals surface area contributed by atoms with Gasteiger partial charge in [0, 0.05) is 15.0 Å². The Morgan fingerprint density at radius 2 is 1.58 bits per heavy atom. The monoisotopic (exact) mass is 389 g/mol. The van der Waals surface area contributed by atoms with Crippen LogP contribution in [0.5, 0.6) is 0 Å². The van der Waals surface area contributed by atoms with Crippen LogP contribution in [-0.4, -0.2) is 0 Å². The van der Waals surface area contributed by atoms with E-state index < -0.39 is 11.6 Å². The van der Waals surface area contributed by atoms with Crippen LogP contribution in [0.2, 0.25) is 0 Å². The Labute approximate surface area is 127 Å². The molecule has 2 N–H and O–H groups in total. The molecule has 1 nitrogen and oxygen atoms in total. The Bertz CT molecular complexity index is 582. The second-order valence-corrected chi connectivity index (χ2v) is 6.09. The molecule has 19 heavy (non-hydrogen) atoms. The van der Waals surface area contributed by atoms with E-state index >= 15 is 0 Å². The Morgan fingerprint density at radius 3 is 2.16 bits per heavy atom. The van der Waals surface area contributed by atoms with Gasteiger partial charge in [-0.05, 0) is 47.9 Å². The summed E-state index contributed by atoms with van der Waals surface area (Å²) in [5.74, 6) is -1.69. The van der Waals surface area contributed by atoms with Crippen LogP contribution in [0.15, 0.2) is 45.3 Å². The molecule has 0 aliphatic heterocycles. The van der Waals surface area contributed by atoms with Gasteiger partial charge in [0.25, 0.3) is 0 Å². The van der Waals surface area contributed by atoms with Crippen molar-refractivity contribution in [1.82, 2.24) is 0 Å². The molecular weight excluding hydrogens is 380 g/mol. The van der Waals surface area contributed by atoms with Crippen LogP contribution < -0.4 is 5.73 Å². The van der Waals surface area contributed by atoms with Crippen molar-refractivity contribution in [1.29, 1.82) is 0 Å². The van der Waals surface area contributed by atoms with Gasteiger partial charge in [0.1, 0.15) is 0 Å². The van der Waals surface area contributed by atoms with E-state index in [-0.39, 0.29) is 6.04 Å². The average Bonchev–Trinajstić information content (AvgIpc) is 2.32. The van der Waals surface area contributed by atoms with Crippen LogP contribution >= 0.6 is 31.9 Å². The minimum absolute atomic E-state index is 0.279. The first-order valence-corrected chi connectivity index (χ1v) is 7.20. The van der Waals surface area contributed by atoms with Crippen molar-refractivity contribution < 1.29 is 8.78 Å². The molecule has 0 amide bonds. The standard InChI is InChI=1S/C14H11Br2F2N/c15-10-5-9(6-11(16)7-10)14(19)4-8-1-2-12(17)13(18)3-8/h1-3,5-7,14H,4,19H2. The lowest BCUT2D eigenvalue weighted by molar-refractivity contribution is 0.506. The molecule has 0 spiro atoms. The van der Waals surface area contributed by atoms with Crippen molar-refractivity contribution in [2.45, 2.75) is 12.5 Å². The summed E-state index contributed by atoms with van der Waals surface area (Å²) in [5.41, 5.74) is 7.69. The van der Waals surface area contributed by atoms with E-state index in [9.17, 15) is 8.78 Å². The maximum absolute atomic E-state index is 13.1. The molecule has 0 radical (unpaired) electrons. The second-order valence-electron chi connectivity index (χ2n) is 4.26. The average molecular weight is 391 g/mol. The predicted molar refractivity (Wildman–Crippen MR) is 78.8 cm³/mol. The lowest BCUT2D eigenvalue weighted by Crippen LogP contribution is -2.13. The number of nitrogens with two attached hydrogens (primary N) is 1. The van der Waals surface area contributed by atoms with Crippen LogP contribution in [-0.2, 0) is 6.42 Å². The molecule has 0 aromatic heterocycles. The van der Waals surface area contributed by atoms with Crippen molar-refractivity contribution >= 4 is 31.9 Å². The van der Waals surface area contributed by atoms with Gasteiger partial charge < -0.3 is 5.73 Å². The Hall–Kier alpha value is -0.780. The summed E-state index contributed by atoms with van der Waals surface area (Å²) in [7, 11) is 0. The maximum Gasteiger partial charge on any atom is 0.159 e. The largest absolute Gasteiger partial charge is 0.324 e. The van der Waals surface area contributed by atoms with E-state index in [0.29, 0.717) is 12.0 Å². The summed E-state index contributed by atoms with van der Waals surface area (Å²) in [6.45, 7) is 0. The molecule has 2 rings (SSSR count).